The molecule has 0 aromatic carbocycles. The van der Waals surface area contributed by atoms with Gasteiger partial charge >= 0.3 is 0 Å². The fourth-order valence-corrected chi connectivity index (χ4v) is 11.1. The molecule has 1 heterocycles. The van der Waals surface area contributed by atoms with Crippen LogP contribution in [-0.2, 0) is 4.74 Å². The summed E-state index contributed by atoms with van der Waals surface area (Å²) >= 11 is 5.29. The molecule has 0 radical (unpaired) electrons. The van der Waals surface area contributed by atoms with Crippen molar-refractivity contribution in [1.29, 1.82) is 0 Å². The Hall–Kier alpha value is 1.42. The van der Waals surface area contributed by atoms with Gasteiger partial charge in [-0.25, -0.2) is 0 Å². The molecule has 0 aromatic heterocycles. The normalized spacial score (nSPS) is 56.0. The van der Waals surface area contributed by atoms with E-state index in [1.807, 2.05) is 0 Å². The monoisotopic (exact) mass is 638 g/mol. The summed E-state index contributed by atoms with van der Waals surface area (Å²) in [6.07, 6.45) is 15.7. The van der Waals surface area contributed by atoms with E-state index in [1.165, 1.54) is 68.6 Å². The summed E-state index contributed by atoms with van der Waals surface area (Å²) in [5, 5.41) is 0. The molecule has 5 fully saturated rings. The first-order valence-electron chi connectivity index (χ1n) is 13.1. The maximum absolute atomic E-state index is 6.87. The van der Waals surface area contributed by atoms with Gasteiger partial charge in [0, 0.05) is 8.35 Å². The molecule has 1 nitrogen and oxygen atoms in total. The number of alkyl halides is 2. The van der Waals surface area contributed by atoms with Crippen LogP contribution in [0.2, 0.25) is 0 Å². The molecule has 3 heteroatoms. The molecule has 4 aliphatic carbocycles. The van der Waals surface area contributed by atoms with Gasteiger partial charge in [-0.05, 0) is 116 Å². The lowest BCUT2D eigenvalue weighted by atomic mass is 9.44. The third kappa shape index (κ3) is 3.58. The van der Waals surface area contributed by atoms with E-state index >= 15 is 0 Å². The van der Waals surface area contributed by atoms with Crippen LogP contribution in [0.1, 0.15) is 91.9 Å². The third-order valence-corrected chi connectivity index (χ3v) is 14.0. The predicted molar refractivity (Wildman–Crippen MR) is 144 cm³/mol. The van der Waals surface area contributed by atoms with Crippen molar-refractivity contribution in [3.8, 4) is 0 Å². The summed E-state index contributed by atoms with van der Waals surface area (Å²) in [5.41, 5.74) is 1.20. The van der Waals surface area contributed by atoms with E-state index < -0.39 is 0 Å². The summed E-state index contributed by atoms with van der Waals surface area (Å²) in [6.45, 7) is 10.4. The lowest BCUT2D eigenvalue weighted by Gasteiger charge is -2.61. The second-order valence-corrected chi connectivity index (χ2v) is 15.4. The Labute approximate surface area is 213 Å². The van der Waals surface area contributed by atoms with Crippen molar-refractivity contribution in [3.63, 3.8) is 0 Å². The smallest absolute Gasteiger partial charge is 0.0618 e. The van der Waals surface area contributed by atoms with Gasteiger partial charge in [0.15, 0.2) is 0 Å². The van der Waals surface area contributed by atoms with E-state index in [-0.39, 0.29) is 0 Å². The van der Waals surface area contributed by atoms with Gasteiger partial charge in [-0.3, -0.25) is 0 Å². The first-order valence-corrected chi connectivity index (χ1v) is 15.9. The van der Waals surface area contributed by atoms with Crippen molar-refractivity contribution < 1.29 is 4.74 Å². The molecular formula is C27H44I2O. The summed E-state index contributed by atoms with van der Waals surface area (Å²) in [6, 6.07) is 0. The predicted octanol–water partition coefficient (Wildman–Crippen LogP) is 8.31. The van der Waals surface area contributed by atoms with Gasteiger partial charge < -0.3 is 4.74 Å². The van der Waals surface area contributed by atoms with Crippen LogP contribution in [-0.4, -0.2) is 20.6 Å². The van der Waals surface area contributed by atoms with Gasteiger partial charge in [0.25, 0.3) is 0 Å². The zero-order valence-corrected chi connectivity index (χ0v) is 24.0. The number of halogens is 2. The molecule has 0 spiro atoms. The molecular weight excluding hydrogens is 594 g/mol. The highest BCUT2D eigenvalue weighted by Crippen LogP contribution is 2.70. The number of fused-ring (bicyclic) bond motifs is 7. The van der Waals surface area contributed by atoms with E-state index in [1.54, 1.807) is 0 Å². The van der Waals surface area contributed by atoms with E-state index in [0.717, 1.165) is 45.3 Å². The highest BCUT2D eigenvalue weighted by atomic mass is 127. The fraction of sp³-hybridized carbons (Fsp3) is 1.00. The largest absolute Gasteiger partial charge is 0.374 e. The molecule has 1 saturated heterocycles. The minimum absolute atomic E-state index is 0.535. The van der Waals surface area contributed by atoms with Gasteiger partial charge in [0.05, 0.1) is 12.2 Å². The maximum atomic E-state index is 6.87. The number of hydrogen-bond donors (Lipinski definition) is 0. The van der Waals surface area contributed by atoms with Crippen LogP contribution in [0.3, 0.4) is 0 Å². The molecule has 172 valence electrons. The maximum Gasteiger partial charge on any atom is 0.0618 e. The number of rotatable bonds is 4. The van der Waals surface area contributed by atoms with Crippen molar-refractivity contribution in [1.82, 2.24) is 0 Å². The van der Waals surface area contributed by atoms with Crippen LogP contribution in [0.4, 0.5) is 0 Å². The van der Waals surface area contributed by atoms with E-state index in [9.17, 15) is 0 Å². The van der Waals surface area contributed by atoms with Crippen molar-refractivity contribution in [3.05, 3.63) is 0 Å². The minimum Gasteiger partial charge on any atom is -0.374 e. The van der Waals surface area contributed by atoms with Gasteiger partial charge in [-0.1, -0.05) is 72.9 Å². The van der Waals surface area contributed by atoms with Crippen molar-refractivity contribution in [2.24, 2.45) is 52.3 Å². The Kier molecular flexibility index (Phi) is 6.62. The van der Waals surface area contributed by atoms with Crippen LogP contribution in [0.5, 0.6) is 0 Å². The topological polar surface area (TPSA) is 9.23 Å². The van der Waals surface area contributed by atoms with Crippen LogP contribution < -0.4 is 0 Å². The molecule has 30 heavy (non-hydrogen) atoms. The van der Waals surface area contributed by atoms with Crippen LogP contribution in [0, 0.1) is 52.3 Å². The standard InChI is InChI=1S/C27H44I2O/c1-16(15-28)5-8-23-17(2)25-24(30-23)14-22-20-7-6-18-13-19(29)9-11-26(18,3)21(20)10-12-27(22,25)4/h16-25H,5-15H2,1-4H3. The Bertz CT molecular complexity index is 638. The molecule has 0 N–H and O–H groups in total. The Morgan fingerprint density at radius 3 is 2.53 bits per heavy atom. The van der Waals surface area contributed by atoms with E-state index in [0.29, 0.717) is 23.0 Å². The second-order valence-electron chi connectivity index (χ2n) is 12.7. The molecule has 1 aliphatic heterocycles. The van der Waals surface area contributed by atoms with Gasteiger partial charge in [0.1, 0.15) is 0 Å². The lowest BCUT2D eigenvalue weighted by Crippen LogP contribution is -2.54. The molecule has 12 atom stereocenters. The first kappa shape index (κ1) is 23.2. The third-order valence-electron chi connectivity index (χ3n) is 11.4. The summed E-state index contributed by atoms with van der Waals surface area (Å²) < 4.78 is 9.10. The lowest BCUT2D eigenvalue weighted by molar-refractivity contribution is -0.114. The van der Waals surface area contributed by atoms with Gasteiger partial charge in [-0.15, -0.1) is 0 Å². The summed E-state index contributed by atoms with van der Waals surface area (Å²) in [5.74, 6) is 6.40. The van der Waals surface area contributed by atoms with Crippen molar-refractivity contribution in [2.45, 2.75) is 108 Å². The first-order chi connectivity index (χ1) is 14.3. The highest BCUT2D eigenvalue weighted by Gasteiger charge is 2.65. The van der Waals surface area contributed by atoms with E-state index in [4.69, 9.17) is 4.74 Å². The highest BCUT2D eigenvalue weighted by molar-refractivity contribution is 14.1. The summed E-state index contributed by atoms with van der Waals surface area (Å²) in [4.78, 5) is 0. The van der Waals surface area contributed by atoms with Gasteiger partial charge in [-0.2, -0.15) is 0 Å². The molecule has 0 amide bonds. The molecule has 5 aliphatic rings. The van der Waals surface area contributed by atoms with Crippen LogP contribution in [0.15, 0.2) is 0 Å². The molecule has 4 saturated carbocycles. The number of ether oxygens (including phenoxy) is 1. The zero-order valence-electron chi connectivity index (χ0n) is 19.7. The van der Waals surface area contributed by atoms with Crippen molar-refractivity contribution in [2.75, 3.05) is 4.43 Å². The second kappa shape index (κ2) is 8.57. The molecule has 12 unspecified atom stereocenters. The SMILES string of the molecule is CC(CI)CCC1OC2CC3C4CCC5CC(I)CCC5(C)C4CCC3(C)C2C1C. The minimum atomic E-state index is 0.535. The Morgan fingerprint density at radius 1 is 1.00 bits per heavy atom. The van der Waals surface area contributed by atoms with Gasteiger partial charge in [0.2, 0.25) is 0 Å². The summed E-state index contributed by atoms with van der Waals surface area (Å²) in [7, 11) is 0. The van der Waals surface area contributed by atoms with Crippen molar-refractivity contribution >= 4 is 45.2 Å². The molecule has 0 aromatic rings. The Balaban J connectivity index is 1.32. The quantitative estimate of drug-likeness (QED) is 0.223. The molecule has 5 rings (SSSR count). The zero-order chi connectivity index (χ0) is 21.3. The Morgan fingerprint density at radius 2 is 1.77 bits per heavy atom. The average molecular weight is 638 g/mol. The number of hydrogen-bond acceptors (Lipinski definition) is 1. The van der Waals surface area contributed by atoms with Crippen LogP contribution >= 0.6 is 45.2 Å². The van der Waals surface area contributed by atoms with Crippen LogP contribution in [0.25, 0.3) is 0 Å². The van der Waals surface area contributed by atoms with E-state index in [2.05, 4.69) is 72.9 Å². The molecule has 0 bridgehead atoms. The average Bonchev–Trinajstić information content (AvgIpc) is 3.20. The fourth-order valence-electron chi connectivity index (χ4n) is 9.75.